The van der Waals surface area contributed by atoms with Gasteiger partial charge in [-0.15, -0.1) is 0 Å². The molecule has 3 N–H and O–H groups in total. The summed E-state index contributed by atoms with van der Waals surface area (Å²) in [5.41, 5.74) is 7.05. The second-order valence-electron chi connectivity index (χ2n) is 5.15. The number of hydrogen-bond acceptors (Lipinski definition) is 5. The summed E-state index contributed by atoms with van der Waals surface area (Å²) in [6, 6.07) is 2.58. The lowest BCUT2D eigenvalue weighted by Crippen LogP contribution is -2.08. The summed E-state index contributed by atoms with van der Waals surface area (Å²) >= 11 is 12.1. The van der Waals surface area contributed by atoms with Gasteiger partial charge in [0.1, 0.15) is 11.9 Å². The maximum atomic E-state index is 13.7. The first-order valence-corrected chi connectivity index (χ1v) is 7.75. The van der Waals surface area contributed by atoms with Crippen molar-refractivity contribution in [2.45, 2.75) is 19.6 Å². The Labute approximate surface area is 146 Å². The molecule has 3 rings (SSSR count). The molecular formula is C16H13Cl2FN2O3. The smallest absolute Gasteiger partial charge is 0.205 e. The molecule has 5 nitrogen and oxygen atoms in total. The summed E-state index contributed by atoms with van der Waals surface area (Å²) in [6.45, 7) is 1.44. The number of nitrogens with two attached hydrogens (primary N) is 1. The highest BCUT2D eigenvalue weighted by molar-refractivity contribution is 6.36. The van der Waals surface area contributed by atoms with Crippen LogP contribution in [-0.4, -0.2) is 10.1 Å². The minimum Gasteiger partial charge on any atom is -0.478 e. The molecule has 2 aromatic heterocycles. The molecule has 24 heavy (non-hydrogen) atoms. The number of nitrogens with zero attached hydrogens (tertiary/aromatic N) is 1. The van der Waals surface area contributed by atoms with Crippen molar-refractivity contribution in [2.24, 2.45) is 0 Å². The van der Waals surface area contributed by atoms with E-state index in [1.807, 2.05) is 0 Å². The lowest BCUT2D eigenvalue weighted by atomic mass is 10.1. The van der Waals surface area contributed by atoms with E-state index in [2.05, 4.69) is 4.98 Å². The first kappa shape index (κ1) is 16.8. The summed E-state index contributed by atoms with van der Waals surface area (Å²) in [5, 5.41) is 10.0. The van der Waals surface area contributed by atoms with Crippen LogP contribution in [0.1, 0.15) is 24.2 Å². The number of aromatic nitrogens is 1. The van der Waals surface area contributed by atoms with Gasteiger partial charge in [0.05, 0.1) is 17.9 Å². The zero-order chi connectivity index (χ0) is 17.4. The van der Waals surface area contributed by atoms with Gasteiger partial charge in [-0.1, -0.05) is 23.2 Å². The summed E-state index contributed by atoms with van der Waals surface area (Å²) in [5.74, 6) is -0.329. The number of aliphatic hydroxyl groups is 1. The van der Waals surface area contributed by atoms with Gasteiger partial charge in [0.15, 0.2) is 11.4 Å². The molecular weight excluding hydrogens is 358 g/mol. The Morgan fingerprint density at radius 2 is 2.17 bits per heavy atom. The van der Waals surface area contributed by atoms with Crippen LogP contribution < -0.4 is 10.5 Å². The summed E-state index contributed by atoms with van der Waals surface area (Å²) in [6.07, 6.45) is 2.17. The van der Waals surface area contributed by atoms with Crippen LogP contribution in [0.5, 0.6) is 5.75 Å². The van der Waals surface area contributed by atoms with Crippen LogP contribution >= 0.6 is 23.2 Å². The standard InChI is InChI=1S/C16H13Cl2FN2O3/c1-7(12-10(17)2-3-11(19)13(12)18)24-15-14-9(4-21-16(15)20)8(5-22)6-23-14/h2-4,6-7,22H,5H2,1H3,(H2,20,21). The first-order valence-electron chi connectivity index (χ1n) is 6.99. The number of aliphatic hydroxyl groups excluding tert-OH is 1. The third-order valence-corrected chi connectivity index (χ3v) is 4.35. The van der Waals surface area contributed by atoms with Crippen LogP contribution in [0.25, 0.3) is 11.0 Å². The first-order chi connectivity index (χ1) is 11.4. The Kier molecular flexibility index (Phi) is 4.54. The maximum absolute atomic E-state index is 13.7. The number of hydrogen-bond donors (Lipinski definition) is 2. The molecule has 0 fully saturated rings. The van der Waals surface area contributed by atoms with Crippen molar-refractivity contribution in [3.05, 3.63) is 51.6 Å². The Hall–Kier alpha value is -2.02. The second-order valence-corrected chi connectivity index (χ2v) is 5.94. The maximum Gasteiger partial charge on any atom is 0.205 e. The number of rotatable bonds is 4. The molecule has 1 aromatic carbocycles. The van der Waals surface area contributed by atoms with Crippen LogP contribution in [0, 0.1) is 5.82 Å². The highest BCUT2D eigenvalue weighted by atomic mass is 35.5. The molecule has 0 saturated heterocycles. The van der Waals surface area contributed by atoms with E-state index in [9.17, 15) is 9.50 Å². The number of halogens is 3. The van der Waals surface area contributed by atoms with E-state index in [1.54, 1.807) is 6.92 Å². The molecule has 0 aliphatic carbocycles. The monoisotopic (exact) mass is 370 g/mol. The van der Waals surface area contributed by atoms with Crippen LogP contribution in [0.4, 0.5) is 10.2 Å². The second kappa shape index (κ2) is 6.47. The summed E-state index contributed by atoms with van der Waals surface area (Å²) < 4.78 is 25.0. The van der Waals surface area contributed by atoms with Crippen molar-refractivity contribution in [1.82, 2.24) is 4.98 Å². The van der Waals surface area contributed by atoms with E-state index >= 15 is 0 Å². The number of pyridine rings is 1. The number of ether oxygens (including phenoxy) is 1. The van der Waals surface area contributed by atoms with Gasteiger partial charge in [-0.05, 0) is 19.1 Å². The molecule has 0 aliphatic rings. The van der Waals surface area contributed by atoms with E-state index in [4.69, 9.17) is 38.1 Å². The Morgan fingerprint density at radius 1 is 1.42 bits per heavy atom. The highest BCUT2D eigenvalue weighted by Gasteiger charge is 2.22. The van der Waals surface area contributed by atoms with Crippen LogP contribution in [0.15, 0.2) is 29.0 Å². The molecule has 0 aliphatic heterocycles. The van der Waals surface area contributed by atoms with Crippen molar-refractivity contribution in [2.75, 3.05) is 5.73 Å². The fourth-order valence-electron chi connectivity index (χ4n) is 2.42. The Morgan fingerprint density at radius 3 is 2.88 bits per heavy atom. The lowest BCUT2D eigenvalue weighted by Gasteiger charge is -2.18. The van der Waals surface area contributed by atoms with Gasteiger partial charge in [-0.3, -0.25) is 0 Å². The molecule has 0 bridgehead atoms. The van der Waals surface area contributed by atoms with Crippen molar-refractivity contribution in [3.8, 4) is 5.75 Å². The third kappa shape index (κ3) is 2.77. The fourth-order valence-corrected chi connectivity index (χ4v) is 3.09. The number of fused-ring (bicyclic) bond motifs is 1. The quantitative estimate of drug-likeness (QED) is 0.661. The van der Waals surface area contributed by atoms with Gasteiger partial charge < -0.3 is 20.0 Å². The van der Waals surface area contributed by atoms with Gasteiger partial charge in [0.2, 0.25) is 5.75 Å². The minimum absolute atomic E-state index is 0.0943. The lowest BCUT2D eigenvalue weighted by molar-refractivity contribution is 0.227. The van der Waals surface area contributed by atoms with Crippen molar-refractivity contribution in [3.63, 3.8) is 0 Å². The molecule has 2 heterocycles. The van der Waals surface area contributed by atoms with E-state index in [-0.39, 0.29) is 28.2 Å². The number of anilines is 1. The van der Waals surface area contributed by atoms with E-state index in [0.29, 0.717) is 22.1 Å². The van der Waals surface area contributed by atoms with Gasteiger partial charge in [-0.25, -0.2) is 9.37 Å². The molecule has 0 radical (unpaired) electrons. The van der Waals surface area contributed by atoms with E-state index in [1.165, 1.54) is 24.6 Å². The zero-order valence-electron chi connectivity index (χ0n) is 12.5. The summed E-state index contributed by atoms with van der Waals surface area (Å²) in [4.78, 5) is 4.04. The molecule has 126 valence electrons. The average molecular weight is 371 g/mol. The SMILES string of the molecule is CC(Oc1c(N)ncc2c(CO)coc12)c1c(Cl)ccc(F)c1Cl. The molecule has 0 spiro atoms. The Balaban J connectivity index is 2.06. The number of benzene rings is 1. The van der Waals surface area contributed by atoms with Crippen molar-refractivity contribution < 1.29 is 18.7 Å². The largest absolute Gasteiger partial charge is 0.478 e. The molecule has 8 heteroatoms. The van der Waals surface area contributed by atoms with Crippen molar-refractivity contribution >= 4 is 40.0 Å². The van der Waals surface area contributed by atoms with Gasteiger partial charge in [-0.2, -0.15) is 0 Å². The van der Waals surface area contributed by atoms with Crippen LogP contribution in [0.3, 0.4) is 0 Å². The molecule has 3 aromatic rings. The predicted molar refractivity (Wildman–Crippen MR) is 89.8 cm³/mol. The van der Waals surface area contributed by atoms with E-state index < -0.39 is 11.9 Å². The molecule has 0 saturated carbocycles. The molecule has 1 unspecified atom stereocenters. The average Bonchev–Trinajstić information content (AvgIpc) is 2.97. The van der Waals surface area contributed by atoms with Gasteiger partial charge >= 0.3 is 0 Å². The minimum atomic E-state index is -0.710. The highest BCUT2D eigenvalue weighted by Crippen LogP contribution is 2.39. The van der Waals surface area contributed by atoms with Gasteiger partial charge in [0.25, 0.3) is 0 Å². The van der Waals surface area contributed by atoms with Crippen LogP contribution in [0.2, 0.25) is 10.0 Å². The fraction of sp³-hybridized carbons (Fsp3) is 0.188. The molecule has 0 amide bonds. The summed E-state index contributed by atoms with van der Waals surface area (Å²) in [7, 11) is 0. The zero-order valence-corrected chi connectivity index (χ0v) is 14.0. The molecule has 1 atom stereocenters. The topological polar surface area (TPSA) is 81.5 Å². The van der Waals surface area contributed by atoms with E-state index in [0.717, 1.165) is 0 Å². The van der Waals surface area contributed by atoms with Crippen molar-refractivity contribution in [1.29, 1.82) is 0 Å². The number of nitrogen functional groups attached to an aromatic ring is 1. The van der Waals surface area contributed by atoms with Crippen LogP contribution in [-0.2, 0) is 6.61 Å². The number of furan rings is 1. The predicted octanol–water partition coefficient (Wildman–Crippen LogP) is 4.49. The third-order valence-electron chi connectivity index (χ3n) is 3.63. The van der Waals surface area contributed by atoms with Gasteiger partial charge in [0, 0.05) is 27.7 Å². The Bertz CT molecular complexity index is 914. The normalized spacial score (nSPS) is 12.5.